The number of aliphatic hydroxyl groups excluding tert-OH is 1. The zero-order valence-corrected chi connectivity index (χ0v) is 11.5. The van der Waals surface area contributed by atoms with E-state index in [1.807, 2.05) is 24.3 Å². The lowest BCUT2D eigenvalue weighted by Crippen LogP contribution is -2.24. The van der Waals surface area contributed by atoms with Crippen LogP contribution in [0, 0.1) is 5.92 Å². The van der Waals surface area contributed by atoms with Gasteiger partial charge < -0.3 is 19.9 Å². The summed E-state index contributed by atoms with van der Waals surface area (Å²) < 4.78 is 10.5. The first kappa shape index (κ1) is 14.3. The molecule has 19 heavy (non-hydrogen) atoms. The highest BCUT2D eigenvalue weighted by Crippen LogP contribution is 2.19. The van der Waals surface area contributed by atoms with Crippen LogP contribution in [0.3, 0.4) is 0 Å². The van der Waals surface area contributed by atoms with Crippen LogP contribution in [0.1, 0.15) is 24.5 Å². The van der Waals surface area contributed by atoms with Crippen molar-refractivity contribution in [1.82, 2.24) is 5.32 Å². The highest BCUT2D eigenvalue weighted by molar-refractivity contribution is 5.29. The summed E-state index contributed by atoms with van der Waals surface area (Å²) in [6, 6.07) is 7.56. The van der Waals surface area contributed by atoms with Gasteiger partial charge in [-0.1, -0.05) is 12.1 Å². The Hall–Kier alpha value is -1.10. The summed E-state index contributed by atoms with van der Waals surface area (Å²) in [5.74, 6) is 1.46. The molecule has 1 aliphatic rings. The molecule has 2 unspecified atom stereocenters. The van der Waals surface area contributed by atoms with E-state index in [1.165, 1.54) is 6.42 Å². The molecule has 0 amide bonds. The van der Waals surface area contributed by atoms with Crippen LogP contribution in [0.5, 0.6) is 5.75 Å². The molecule has 2 rings (SSSR count). The highest BCUT2D eigenvalue weighted by Gasteiger charge is 2.15. The van der Waals surface area contributed by atoms with Crippen LogP contribution >= 0.6 is 0 Å². The number of rotatable bonds is 7. The van der Waals surface area contributed by atoms with Crippen molar-refractivity contribution >= 4 is 0 Å². The van der Waals surface area contributed by atoms with Gasteiger partial charge in [-0.2, -0.15) is 0 Å². The Morgan fingerprint density at radius 1 is 1.53 bits per heavy atom. The van der Waals surface area contributed by atoms with E-state index < -0.39 is 6.10 Å². The van der Waals surface area contributed by atoms with E-state index in [2.05, 4.69) is 5.32 Å². The second kappa shape index (κ2) is 7.48. The number of methoxy groups -OCH3 is 1. The first-order chi connectivity index (χ1) is 9.29. The molecule has 4 heteroatoms. The monoisotopic (exact) mass is 265 g/mol. The summed E-state index contributed by atoms with van der Waals surface area (Å²) in [7, 11) is 1.63. The maximum atomic E-state index is 10.1. The van der Waals surface area contributed by atoms with Crippen LogP contribution in [0.15, 0.2) is 24.3 Å². The SMILES string of the molecule is COc1cccc(C(O)CNCCC2CCOC2)c1. The van der Waals surface area contributed by atoms with Crippen LogP contribution < -0.4 is 10.1 Å². The van der Waals surface area contributed by atoms with Crippen molar-refractivity contribution in [1.29, 1.82) is 0 Å². The van der Waals surface area contributed by atoms with Crippen molar-refractivity contribution in [3.8, 4) is 5.75 Å². The van der Waals surface area contributed by atoms with Gasteiger partial charge in [-0.3, -0.25) is 0 Å². The minimum absolute atomic E-state index is 0.491. The molecule has 1 aromatic rings. The Morgan fingerprint density at radius 3 is 3.16 bits per heavy atom. The van der Waals surface area contributed by atoms with Gasteiger partial charge in [-0.15, -0.1) is 0 Å². The van der Waals surface area contributed by atoms with Gasteiger partial charge in [0.25, 0.3) is 0 Å². The fraction of sp³-hybridized carbons (Fsp3) is 0.600. The molecule has 1 heterocycles. The van der Waals surface area contributed by atoms with Gasteiger partial charge in [-0.25, -0.2) is 0 Å². The van der Waals surface area contributed by atoms with E-state index in [0.717, 1.165) is 37.5 Å². The van der Waals surface area contributed by atoms with Crippen molar-refractivity contribution in [2.75, 3.05) is 33.4 Å². The molecule has 1 fully saturated rings. The molecule has 0 aliphatic carbocycles. The van der Waals surface area contributed by atoms with Crippen LogP contribution in [0.4, 0.5) is 0 Å². The number of nitrogens with one attached hydrogen (secondary N) is 1. The third-order valence-corrected chi connectivity index (χ3v) is 3.57. The predicted octanol–water partition coefficient (Wildman–Crippen LogP) is 1.74. The fourth-order valence-electron chi connectivity index (χ4n) is 2.32. The van der Waals surface area contributed by atoms with Gasteiger partial charge in [0.15, 0.2) is 0 Å². The minimum atomic E-state index is -0.491. The lowest BCUT2D eigenvalue weighted by molar-refractivity contribution is 0.171. The Labute approximate surface area is 114 Å². The number of hydrogen-bond donors (Lipinski definition) is 2. The van der Waals surface area contributed by atoms with Gasteiger partial charge in [0.05, 0.1) is 13.2 Å². The molecule has 1 aromatic carbocycles. The number of ether oxygens (including phenoxy) is 2. The number of aliphatic hydroxyl groups is 1. The Bertz CT molecular complexity index is 377. The fourth-order valence-corrected chi connectivity index (χ4v) is 2.32. The molecule has 0 radical (unpaired) electrons. The molecule has 1 aliphatic heterocycles. The Morgan fingerprint density at radius 2 is 2.42 bits per heavy atom. The van der Waals surface area contributed by atoms with Crippen LogP contribution in [-0.2, 0) is 4.74 Å². The zero-order chi connectivity index (χ0) is 13.5. The summed E-state index contributed by atoms with van der Waals surface area (Å²) in [4.78, 5) is 0. The first-order valence-electron chi connectivity index (χ1n) is 6.90. The van der Waals surface area contributed by atoms with Crippen LogP contribution in [0.25, 0.3) is 0 Å². The molecular formula is C15H23NO3. The molecule has 2 N–H and O–H groups in total. The van der Waals surface area contributed by atoms with Gasteiger partial charge in [-0.05, 0) is 43.0 Å². The maximum absolute atomic E-state index is 10.1. The van der Waals surface area contributed by atoms with Crippen molar-refractivity contribution in [3.05, 3.63) is 29.8 Å². The van der Waals surface area contributed by atoms with Gasteiger partial charge in [0.1, 0.15) is 5.75 Å². The first-order valence-corrected chi connectivity index (χ1v) is 6.90. The molecule has 0 aromatic heterocycles. The van der Waals surface area contributed by atoms with E-state index in [-0.39, 0.29) is 0 Å². The predicted molar refractivity (Wildman–Crippen MR) is 74.4 cm³/mol. The van der Waals surface area contributed by atoms with E-state index in [9.17, 15) is 5.11 Å². The normalized spacial score (nSPS) is 20.4. The standard InChI is InChI=1S/C15H23NO3/c1-18-14-4-2-3-13(9-14)15(17)10-16-7-5-12-6-8-19-11-12/h2-4,9,12,15-17H,5-8,10-11H2,1H3. The Balaban J connectivity index is 1.69. The molecule has 106 valence electrons. The molecule has 2 atom stereocenters. The average molecular weight is 265 g/mol. The van der Waals surface area contributed by atoms with Gasteiger partial charge >= 0.3 is 0 Å². The average Bonchev–Trinajstić information content (AvgIpc) is 2.96. The van der Waals surface area contributed by atoms with Gasteiger partial charge in [0.2, 0.25) is 0 Å². The van der Waals surface area contributed by atoms with E-state index in [1.54, 1.807) is 7.11 Å². The molecule has 0 bridgehead atoms. The molecule has 4 nitrogen and oxygen atoms in total. The van der Waals surface area contributed by atoms with E-state index in [0.29, 0.717) is 12.5 Å². The van der Waals surface area contributed by atoms with Crippen molar-refractivity contribution < 1.29 is 14.6 Å². The van der Waals surface area contributed by atoms with Crippen molar-refractivity contribution in [3.63, 3.8) is 0 Å². The summed E-state index contributed by atoms with van der Waals surface area (Å²) in [5.41, 5.74) is 0.885. The largest absolute Gasteiger partial charge is 0.497 e. The summed E-state index contributed by atoms with van der Waals surface area (Å²) in [5, 5.41) is 13.4. The van der Waals surface area contributed by atoms with Crippen molar-refractivity contribution in [2.45, 2.75) is 18.9 Å². The molecule has 0 spiro atoms. The lowest BCUT2D eigenvalue weighted by atomic mass is 10.1. The Kier molecular flexibility index (Phi) is 5.63. The smallest absolute Gasteiger partial charge is 0.119 e. The number of hydrogen-bond acceptors (Lipinski definition) is 4. The third-order valence-electron chi connectivity index (χ3n) is 3.57. The molecule has 1 saturated heterocycles. The van der Waals surface area contributed by atoms with E-state index >= 15 is 0 Å². The van der Waals surface area contributed by atoms with Crippen LogP contribution in [-0.4, -0.2) is 38.5 Å². The summed E-state index contributed by atoms with van der Waals surface area (Å²) in [6.07, 6.45) is 1.79. The highest BCUT2D eigenvalue weighted by atomic mass is 16.5. The van der Waals surface area contributed by atoms with Crippen molar-refractivity contribution in [2.24, 2.45) is 5.92 Å². The summed E-state index contributed by atoms with van der Waals surface area (Å²) >= 11 is 0. The second-order valence-electron chi connectivity index (χ2n) is 5.01. The minimum Gasteiger partial charge on any atom is -0.497 e. The summed E-state index contributed by atoms with van der Waals surface area (Å²) in [6.45, 7) is 3.28. The quantitative estimate of drug-likeness (QED) is 0.737. The van der Waals surface area contributed by atoms with Crippen LogP contribution in [0.2, 0.25) is 0 Å². The third kappa shape index (κ3) is 4.49. The molecule has 0 saturated carbocycles. The zero-order valence-electron chi connectivity index (χ0n) is 11.5. The number of benzene rings is 1. The van der Waals surface area contributed by atoms with E-state index in [4.69, 9.17) is 9.47 Å². The lowest BCUT2D eigenvalue weighted by Gasteiger charge is -2.14. The second-order valence-corrected chi connectivity index (χ2v) is 5.01. The maximum Gasteiger partial charge on any atom is 0.119 e. The topological polar surface area (TPSA) is 50.7 Å². The van der Waals surface area contributed by atoms with Gasteiger partial charge in [0, 0.05) is 19.8 Å². The molecular weight excluding hydrogens is 242 g/mol.